The van der Waals surface area contributed by atoms with Gasteiger partial charge in [-0.15, -0.1) is 0 Å². The molecular formula is C8H15NO4S. The van der Waals surface area contributed by atoms with Gasteiger partial charge in [0.2, 0.25) is 10.0 Å². The lowest BCUT2D eigenvalue weighted by atomic mass is 10.2. The van der Waals surface area contributed by atoms with Crippen molar-refractivity contribution >= 4 is 16.0 Å². The van der Waals surface area contributed by atoms with Crippen LogP contribution in [0.15, 0.2) is 0 Å². The highest BCUT2D eigenvalue weighted by atomic mass is 32.2. The molecule has 1 aliphatic rings. The molecule has 0 spiro atoms. The van der Waals surface area contributed by atoms with E-state index in [1.165, 1.54) is 4.31 Å². The van der Waals surface area contributed by atoms with E-state index in [0.29, 0.717) is 13.0 Å². The Kier molecular flexibility index (Phi) is 3.49. The molecule has 1 saturated heterocycles. The molecule has 1 heterocycles. The topological polar surface area (TPSA) is 63.7 Å². The molecule has 82 valence electrons. The summed E-state index contributed by atoms with van der Waals surface area (Å²) in [6.45, 7) is 2.41. The Morgan fingerprint density at radius 1 is 1.57 bits per heavy atom. The smallest absolute Gasteiger partial charge is 0.324 e. The van der Waals surface area contributed by atoms with Crippen LogP contribution in [0, 0.1) is 0 Å². The van der Waals surface area contributed by atoms with E-state index in [1.807, 2.05) is 0 Å². The Hall–Kier alpha value is -0.620. The molecule has 0 saturated carbocycles. The van der Waals surface area contributed by atoms with Crippen LogP contribution < -0.4 is 0 Å². The van der Waals surface area contributed by atoms with Crippen molar-refractivity contribution in [3.63, 3.8) is 0 Å². The first kappa shape index (κ1) is 11.5. The van der Waals surface area contributed by atoms with Gasteiger partial charge >= 0.3 is 5.97 Å². The van der Waals surface area contributed by atoms with Gasteiger partial charge in [-0.25, -0.2) is 8.42 Å². The van der Waals surface area contributed by atoms with Crippen LogP contribution in [0.25, 0.3) is 0 Å². The molecule has 0 aromatic heterocycles. The van der Waals surface area contributed by atoms with E-state index >= 15 is 0 Å². The van der Waals surface area contributed by atoms with Gasteiger partial charge in [-0.2, -0.15) is 4.31 Å². The summed E-state index contributed by atoms with van der Waals surface area (Å²) in [4.78, 5) is 11.4. The number of hydrogen-bond donors (Lipinski definition) is 0. The quantitative estimate of drug-likeness (QED) is 0.628. The summed E-state index contributed by atoms with van der Waals surface area (Å²) >= 11 is 0. The monoisotopic (exact) mass is 221 g/mol. The Morgan fingerprint density at radius 2 is 2.21 bits per heavy atom. The summed E-state index contributed by atoms with van der Waals surface area (Å²) in [6.07, 6.45) is 2.40. The summed E-state index contributed by atoms with van der Waals surface area (Å²) in [5.74, 6) is -0.435. The van der Waals surface area contributed by atoms with E-state index in [-0.39, 0.29) is 6.61 Å². The number of hydrogen-bond acceptors (Lipinski definition) is 4. The predicted octanol–water partition coefficient (Wildman–Crippen LogP) is -0.0265. The molecule has 6 heteroatoms. The number of ether oxygens (including phenoxy) is 1. The highest BCUT2D eigenvalue weighted by Crippen LogP contribution is 2.21. The molecule has 0 aliphatic carbocycles. The third kappa shape index (κ3) is 2.45. The molecule has 0 radical (unpaired) electrons. The van der Waals surface area contributed by atoms with Crippen LogP contribution in [0.1, 0.15) is 19.8 Å². The standard InChI is InChI=1S/C8H15NO4S/c1-3-13-8(10)7-5-4-6-9(7)14(2,11)12/h7H,3-6H2,1-2H3. The minimum atomic E-state index is -3.28. The maximum Gasteiger partial charge on any atom is 0.324 e. The van der Waals surface area contributed by atoms with Crippen LogP contribution in [-0.2, 0) is 19.6 Å². The Bertz CT molecular complexity index is 311. The second kappa shape index (κ2) is 4.27. The Balaban J connectivity index is 2.74. The van der Waals surface area contributed by atoms with Crippen molar-refractivity contribution in [3.8, 4) is 0 Å². The van der Waals surface area contributed by atoms with Crippen LogP contribution in [0.3, 0.4) is 0 Å². The van der Waals surface area contributed by atoms with Crippen LogP contribution in [0.4, 0.5) is 0 Å². The van der Waals surface area contributed by atoms with Crippen molar-refractivity contribution in [1.29, 1.82) is 0 Å². The lowest BCUT2D eigenvalue weighted by molar-refractivity contribution is -0.146. The average molecular weight is 221 g/mol. The lowest BCUT2D eigenvalue weighted by Crippen LogP contribution is -2.40. The maximum absolute atomic E-state index is 11.4. The molecule has 1 fully saturated rings. The number of rotatable bonds is 3. The van der Waals surface area contributed by atoms with E-state index in [9.17, 15) is 13.2 Å². The minimum Gasteiger partial charge on any atom is -0.465 e. The van der Waals surface area contributed by atoms with Crippen LogP contribution in [0.2, 0.25) is 0 Å². The highest BCUT2D eigenvalue weighted by Gasteiger charge is 2.37. The second-order valence-corrected chi connectivity index (χ2v) is 5.22. The van der Waals surface area contributed by atoms with Crippen molar-refractivity contribution in [3.05, 3.63) is 0 Å². The number of carbonyl (C=O) groups excluding carboxylic acids is 1. The molecule has 0 aromatic carbocycles. The van der Waals surface area contributed by atoms with Crippen molar-refractivity contribution in [1.82, 2.24) is 4.31 Å². The van der Waals surface area contributed by atoms with Gasteiger partial charge in [0.1, 0.15) is 6.04 Å². The third-order valence-corrected chi connectivity index (χ3v) is 3.48. The molecule has 0 bridgehead atoms. The Labute approximate surface area is 84.1 Å². The van der Waals surface area contributed by atoms with E-state index in [4.69, 9.17) is 4.74 Å². The van der Waals surface area contributed by atoms with Gasteiger partial charge in [0.25, 0.3) is 0 Å². The SMILES string of the molecule is CCOC(=O)C1CCCN1S(C)(=O)=O. The van der Waals surface area contributed by atoms with E-state index < -0.39 is 22.0 Å². The lowest BCUT2D eigenvalue weighted by Gasteiger charge is -2.19. The zero-order valence-electron chi connectivity index (χ0n) is 8.39. The molecule has 5 nitrogen and oxygen atoms in total. The predicted molar refractivity (Wildman–Crippen MR) is 51.2 cm³/mol. The van der Waals surface area contributed by atoms with Gasteiger partial charge in [-0.1, -0.05) is 0 Å². The number of esters is 1. The summed E-state index contributed by atoms with van der Waals surface area (Å²) in [5.41, 5.74) is 0. The largest absolute Gasteiger partial charge is 0.465 e. The normalized spacial score (nSPS) is 23.7. The molecule has 1 aliphatic heterocycles. The first-order valence-electron chi connectivity index (χ1n) is 4.60. The zero-order chi connectivity index (χ0) is 10.8. The fourth-order valence-electron chi connectivity index (χ4n) is 1.61. The van der Waals surface area contributed by atoms with Crippen LogP contribution >= 0.6 is 0 Å². The number of carbonyl (C=O) groups is 1. The summed E-state index contributed by atoms with van der Waals surface area (Å²) < 4.78 is 28.6. The van der Waals surface area contributed by atoms with Crippen LogP contribution in [-0.4, -0.2) is 44.1 Å². The summed E-state index contributed by atoms with van der Waals surface area (Å²) in [6, 6.07) is -0.607. The van der Waals surface area contributed by atoms with E-state index in [1.54, 1.807) is 6.92 Å². The van der Waals surface area contributed by atoms with Crippen molar-refractivity contribution in [2.45, 2.75) is 25.8 Å². The van der Waals surface area contributed by atoms with Crippen molar-refractivity contribution in [2.24, 2.45) is 0 Å². The third-order valence-electron chi connectivity index (χ3n) is 2.19. The zero-order valence-corrected chi connectivity index (χ0v) is 9.21. The molecule has 0 aromatic rings. The molecule has 1 unspecified atom stereocenters. The minimum absolute atomic E-state index is 0.285. The van der Waals surface area contributed by atoms with Gasteiger partial charge in [0.05, 0.1) is 12.9 Å². The van der Waals surface area contributed by atoms with Gasteiger partial charge in [-0.05, 0) is 19.8 Å². The summed E-state index contributed by atoms with van der Waals surface area (Å²) in [5, 5.41) is 0. The molecule has 1 atom stereocenters. The van der Waals surface area contributed by atoms with Gasteiger partial charge in [-0.3, -0.25) is 4.79 Å². The van der Waals surface area contributed by atoms with Gasteiger partial charge < -0.3 is 4.74 Å². The van der Waals surface area contributed by atoms with Gasteiger partial charge in [0.15, 0.2) is 0 Å². The first-order valence-corrected chi connectivity index (χ1v) is 6.45. The van der Waals surface area contributed by atoms with E-state index in [2.05, 4.69) is 0 Å². The van der Waals surface area contributed by atoms with E-state index in [0.717, 1.165) is 12.7 Å². The maximum atomic E-state index is 11.4. The number of sulfonamides is 1. The fraction of sp³-hybridized carbons (Fsp3) is 0.875. The summed E-state index contributed by atoms with van der Waals surface area (Å²) in [7, 11) is -3.28. The van der Waals surface area contributed by atoms with Gasteiger partial charge in [0, 0.05) is 6.54 Å². The van der Waals surface area contributed by atoms with Crippen LogP contribution in [0.5, 0.6) is 0 Å². The van der Waals surface area contributed by atoms with Crippen molar-refractivity contribution in [2.75, 3.05) is 19.4 Å². The van der Waals surface area contributed by atoms with Crippen molar-refractivity contribution < 1.29 is 17.9 Å². The molecular weight excluding hydrogens is 206 g/mol. The molecule has 0 amide bonds. The molecule has 0 N–H and O–H groups in total. The second-order valence-electron chi connectivity index (χ2n) is 3.28. The molecule has 14 heavy (non-hydrogen) atoms. The Morgan fingerprint density at radius 3 is 2.71 bits per heavy atom. The average Bonchev–Trinajstić information content (AvgIpc) is 2.50. The molecule has 1 rings (SSSR count). The number of nitrogens with zero attached hydrogens (tertiary/aromatic N) is 1. The fourth-order valence-corrected chi connectivity index (χ4v) is 2.73. The first-order chi connectivity index (χ1) is 6.46. The highest BCUT2D eigenvalue weighted by molar-refractivity contribution is 7.88.